The van der Waals surface area contributed by atoms with Gasteiger partial charge in [0.05, 0.1) is 0 Å². The van der Waals surface area contributed by atoms with Gasteiger partial charge in [-0.15, -0.1) is 0 Å². The maximum Gasteiger partial charge on any atom is 0.274 e. The summed E-state index contributed by atoms with van der Waals surface area (Å²) < 4.78 is 27.4. The van der Waals surface area contributed by atoms with Crippen molar-refractivity contribution in [3.63, 3.8) is 0 Å². The highest BCUT2D eigenvalue weighted by Crippen LogP contribution is 2.19. The van der Waals surface area contributed by atoms with Gasteiger partial charge in [0, 0.05) is 19.8 Å². The Morgan fingerprint density at radius 1 is 1.04 bits per heavy atom. The van der Waals surface area contributed by atoms with Gasteiger partial charge in [-0.05, 0) is 23.8 Å². The summed E-state index contributed by atoms with van der Waals surface area (Å²) in [5, 5.41) is 2.21. The summed E-state index contributed by atoms with van der Waals surface area (Å²) in [6.07, 6.45) is 1.43. The molecular formula is C19H16F2N4O. The molecule has 0 aliphatic carbocycles. The van der Waals surface area contributed by atoms with Crippen molar-refractivity contribution in [2.75, 3.05) is 17.3 Å². The monoisotopic (exact) mass is 354 g/mol. The fourth-order valence-electron chi connectivity index (χ4n) is 2.38. The highest BCUT2D eigenvalue weighted by molar-refractivity contribution is 6.03. The first-order valence-corrected chi connectivity index (χ1v) is 7.88. The standard InChI is InChI=1S/C19H16F2N4O/c1-25(12-13-6-3-2-4-7-13)19-22-11-10-16(23-19)18(26)24-17-14(20)8-5-9-15(17)21/h2-11H,12H2,1H3,(H,24,26). The van der Waals surface area contributed by atoms with Crippen LogP contribution in [0.4, 0.5) is 20.4 Å². The Morgan fingerprint density at radius 3 is 2.42 bits per heavy atom. The van der Waals surface area contributed by atoms with Gasteiger partial charge in [-0.1, -0.05) is 36.4 Å². The summed E-state index contributed by atoms with van der Waals surface area (Å²) in [6.45, 7) is 0.549. The van der Waals surface area contributed by atoms with Crippen LogP contribution in [0.3, 0.4) is 0 Å². The highest BCUT2D eigenvalue weighted by Gasteiger charge is 2.16. The first kappa shape index (κ1) is 17.5. The number of hydrogen-bond acceptors (Lipinski definition) is 4. The fraction of sp³-hybridized carbons (Fsp3) is 0.105. The van der Waals surface area contributed by atoms with Crippen molar-refractivity contribution >= 4 is 17.5 Å². The van der Waals surface area contributed by atoms with Crippen LogP contribution in [-0.2, 0) is 6.54 Å². The molecule has 0 saturated heterocycles. The molecule has 26 heavy (non-hydrogen) atoms. The number of anilines is 2. The summed E-state index contributed by atoms with van der Waals surface area (Å²) >= 11 is 0. The summed E-state index contributed by atoms with van der Waals surface area (Å²) in [5.74, 6) is -2.09. The van der Waals surface area contributed by atoms with Crippen LogP contribution < -0.4 is 10.2 Å². The zero-order valence-electron chi connectivity index (χ0n) is 14.0. The molecule has 1 amide bonds. The number of para-hydroxylation sites is 1. The third kappa shape index (κ3) is 4.00. The molecular weight excluding hydrogens is 338 g/mol. The lowest BCUT2D eigenvalue weighted by Crippen LogP contribution is -2.22. The van der Waals surface area contributed by atoms with E-state index < -0.39 is 23.2 Å². The Morgan fingerprint density at radius 2 is 1.73 bits per heavy atom. The predicted molar refractivity (Wildman–Crippen MR) is 94.9 cm³/mol. The Labute approximate surface area is 149 Å². The zero-order chi connectivity index (χ0) is 18.5. The fourth-order valence-corrected chi connectivity index (χ4v) is 2.38. The molecule has 0 radical (unpaired) electrons. The Kier molecular flexibility index (Phi) is 5.17. The molecule has 0 spiro atoms. The van der Waals surface area contributed by atoms with E-state index in [0.29, 0.717) is 12.5 Å². The van der Waals surface area contributed by atoms with Gasteiger partial charge in [-0.2, -0.15) is 0 Å². The molecule has 0 atom stereocenters. The Hall–Kier alpha value is -3.35. The molecule has 3 aromatic rings. The Balaban J connectivity index is 1.77. The molecule has 0 unspecified atom stereocenters. The van der Waals surface area contributed by atoms with E-state index in [4.69, 9.17) is 0 Å². The highest BCUT2D eigenvalue weighted by atomic mass is 19.1. The first-order valence-electron chi connectivity index (χ1n) is 7.88. The minimum atomic E-state index is -0.853. The van der Waals surface area contributed by atoms with Crippen LogP contribution in [0, 0.1) is 11.6 Å². The van der Waals surface area contributed by atoms with Gasteiger partial charge in [-0.25, -0.2) is 18.7 Å². The SMILES string of the molecule is CN(Cc1ccccc1)c1nccc(C(=O)Nc2c(F)cccc2F)n1. The third-order valence-corrected chi connectivity index (χ3v) is 3.68. The van der Waals surface area contributed by atoms with Crippen LogP contribution in [0.15, 0.2) is 60.8 Å². The number of carbonyl (C=O) groups excluding carboxylic acids is 1. The molecule has 0 fully saturated rings. The molecule has 0 aliphatic heterocycles. The molecule has 7 heteroatoms. The summed E-state index contributed by atoms with van der Waals surface area (Å²) in [7, 11) is 1.79. The van der Waals surface area contributed by atoms with Crippen molar-refractivity contribution in [2.24, 2.45) is 0 Å². The quantitative estimate of drug-likeness (QED) is 0.760. The van der Waals surface area contributed by atoms with Crippen molar-refractivity contribution in [1.29, 1.82) is 0 Å². The molecule has 1 heterocycles. The van der Waals surface area contributed by atoms with E-state index in [1.54, 1.807) is 11.9 Å². The normalized spacial score (nSPS) is 10.4. The van der Waals surface area contributed by atoms with E-state index in [9.17, 15) is 13.6 Å². The van der Waals surface area contributed by atoms with Crippen molar-refractivity contribution < 1.29 is 13.6 Å². The van der Waals surface area contributed by atoms with Crippen LogP contribution in [0.2, 0.25) is 0 Å². The second-order valence-corrected chi connectivity index (χ2v) is 5.63. The second kappa shape index (κ2) is 7.69. The number of nitrogens with zero attached hydrogens (tertiary/aromatic N) is 3. The largest absolute Gasteiger partial charge is 0.340 e. The maximum atomic E-state index is 13.7. The molecule has 2 aromatic carbocycles. The molecule has 0 bridgehead atoms. The number of rotatable bonds is 5. The number of aromatic nitrogens is 2. The van der Waals surface area contributed by atoms with Gasteiger partial charge in [0.15, 0.2) is 0 Å². The molecule has 0 saturated carbocycles. The molecule has 0 aliphatic rings. The van der Waals surface area contributed by atoms with Gasteiger partial charge < -0.3 is 10.2 Å². The molecule has 132 valence electrons. The van der Waals surface area contributed by atoms with Gasteiger partial charge >= 0.3 is 0 Å². The lowest BCUT2D eigenvalue weighted by molar-refractivity contribution is 0.102. The molecule has 5 nitrogen and oxygen atoms in total. The summed E-state index contributed by atoms with van der Waals surface area (Å²) in [5.41, 5.74) is 0.565. The van der Waals surface area contributed by atoms with E-state index in [2.05, 4.69) is 15.3 Å². The second-order valence-electron chi connectivity index (χ2n) is 5.63. The number of carbonyl (C=O) groups is 1. The summed E-state index contributed by atoms with van der Waals surface area (Å²) in [4.78, 5) is 22.4. The topological polar surface area (TPSA) is 58.1 Å². The summed E-state index contributed by atoms with van der Waals surface area (Å²) in [6, 6.07) is 14.5. The van der Waals surface area contributed by atoms with E-state index in [1.807, 2.05) is 30.3 Å². The molecule has 1 N–H and O–H groups in total. The van der Waals surface area contributed by atoms with Gasteiger partial charge in [0.1, 0.15) is 23.0 Å². The molecule has 1 aromatic heterocycles. The number of amides is 1. The average Bonchev–Trinajstić information content (AvgIpc) is 2.65. The van der Waals surface area contributed by atoms with Gasteiger partial charge in [0.2, 0.25) is 5.95 Å². The first-order chi connectivity index (χ1) is 12.5. The number of hydrogen-bond donors (Lipinski definition) is 1. The molecule has 3 rings (SSSR count). The van der Waals surface area contributed by atoms with Crippen molar-refractivity contribution in [3.8, 4) is 0 Å². The third-order valence-electron chi connectivity index (χ3n) is 3.68. The van der Waals surface area contributed by atoms with Crippen LogP contribution in [0.1, 0.15) is 16.1 Å². The van der Waals surface area contributed by atoms with Gasteiger partial charge in [-0.3, -0.25) is 4.79 Å². The van der Waals surface area contributed by atoms with Crippen molar-refractivity contribution in [3.05, 3.63) is 83.7 Å². The Bertz CT molecular complexity index is 898. The number of benzene rings is 2. The van der Waals surface area contributed by atoms with E-state index in [-0.39, 0.29) is 5.69 Å². The lowest BCUT2D eigenvalue weighted by atomic mass is 10.2. The van der Waals surface area contributed by atoms with E-state index >= 15 is 0 Å². The number of halogens is 2. The van der Waals surface area contributed by atoms with Crippen LogP contribution in [-0.4, -0.2) is 22.9 Å². The van der Waals surface area contributed by atoms with Crippen LogP contribution in [0.5, 0.6) is 0 Å². The van der Waals surface area contributed by atoms with Gasteiger partial charge in [0.25, 0.3) is 5.91 Å². The minimum absolute atomic E-state index is 0.0116. The zero-order valence-corrected chi connectivity index (χ0v) is 14.0. The predicted octanol–water partition coefficient (Wildman–Crippen LogP) is 3.64. The minimum Gasteiger partial charge on any atom is -0.340 e. The smallest absolute Gasteiger partial charge is 0.274 e. The average molecular weight is 354 g/mol. The number of nitrogens with one attached hydrogen (secondary N) is 1. The van der Waals surface area contributed by atoms with Crippen molar-refractivity contribution in [2.45, 2.75) is 6.54 Å². The van der Waals surface area contributed by atoms with E-state index in [0.717, 1.165) is 17.7 Å². The van der Waals surface area contributed by atoms with Crippen LogP contribution in [0.25, 0.3) is 0 Å². The van der Waals surface area contributed by atoms with Crippen LogP contribution >= 0.6 is 0 Å². The van der Waals surface area contributed by atoms with E-state index in [1.165, 1.54) is 18.3 Å². The van der Waals surface area contributed by atoms with Crippen molar-refractivity contribution in [1.82, 2.24) is 9.97 Å². The lowest BCUT2D eigenvalue weighted by Gasteiger charge is -2.17. The maximum absolute atomic E-state index is 13.7.